The monoisotopic (exact) mass is 361 g/mol. The van der Waals surface area contributed by atoms with Crippen molar-refractivity contribution in [3.05, 3.63) is 46.1 Å². The lowest BCUT2D eigenvalue weighted by Crippen LogP contribution is -2.29. The van der Waals surface area contributed by atoms with Gasteiger partial charge < -0.3 is 10.1 Å². The van der Waals surface area contributed by atoms with Gasteiger partial charge in [-0.25, -0.2) is 4.98 Å². The Morgan fingerprint density at radius 2 is 2.25 bits per heavy atom. The Balaban J connectivity index is 1.87. The number of methoxy groups -OCH3 is 1. The molecule has 0 aliphatic carbocycles. The van der Waals surface area contributed by atoms with Crippen LogP contribution < -0.4 is 15.6 Å². The topological polar surface area (TPSA) is 73.2 Å². The zero-order chi connectivity index (χ0) is 17.1. The number of hydrogen-bond donors (Lipinski definition) is 1. The molecular formula is C16H15N3O3S2. The zero-order valence-corrected chi connectivity index (χ0v) is 14.7. The van der Waals surface area contributed by atoms with E-state index in [2.05, 4.69) is 10.3 Å². The van der Waals surface area contributed by atoms with Gasteiger partial charge in [0.25, 0.3) is 5.56 Å². The van der Waals surface area contributed by atoms with E-state index < -0.39 is 0 Å². The standard InChI is InChI=1S/C16H15N3O3S2/c1-22-11-5-3-4-10(8-11)17-13(20)9-19-15(21)14-12(6-7-24-14)18-16(19)23-2/h3-8H,9H2,1-2H3,(H,17,20). The van der Waals surface area contributed by atoms with Crippen molar-refractivity contribution in [2.75, 3.05) is 18.7 Å². The molecule has 0 bridgehead atoms. The van der Waals surface area contributed by atoms with Crippen molar-refractivity contribution in [1.82, 2.24) is 9.55 Å². The van der Waals surface area contributed by atoms with Crippen molar-refractivity contribution >= 4 is 44.9 Å². The number of anilines is 1. The smallest absolute Gasteiger partial charge is 0.272 e. The lowest BCUT2D eigenvalue weighted by atomic mass is 10.3. The number of nitrogens with one attached hydrogen (secondary N) is 1. The molecule has 2 aromatic heterocycles. The molecule has 0 fully saturated rings. The number of nitrogens with zero attached hydrogens (tertiary/aromatic N) is 2. The lowest BCUT2D eigenvalue weighted by molar-refractivity contribution is -0.116. The van der Waals surface area contributed by atoms with Crippen LogP contribution in [-0.2, 0) is 11.3 Å². The highest BCUT2D eigenvalue weighted by atomic mass is 32.2. The number of aromatic nitrogens is 2. The molecule has 1 N–H and O–H groups in total. The van der Waals surface area contributed by atoms with Crippen LogP contribution in [0, 0.1) is 0 Å². The molecule has 0 saturated heterocycles. The maximum Gasteiger partial charge on any atom is 0.272 e. The fraction of sp³-hybridized carbons (Fsp3) is 0.188. The largest absolute Gasteiger partial charge is 0.497 e. The van der Waals surface area contributed by atoms with Gasteiger partial charge in [-0.2, -0.15) is 0 Å². The average molecular weight is 361 g/mol. The summed E-state index contributed by atoms with van der Waals surface area (Å²) in [4.78, 5) is 29.3. The molecule has 1 amide bonds. The van der Waals surface area contributed by atoms with E-state index in [1.807, 2.05) is 17.7 Å². The Morgan fingerprint density at radius 3 is 3.00 bits per heavy atom. The van der Waals surface area contributed by atoms with Crippen LogP contribution in [0.3, 0.4) is 0 Å². The molecule has 0 radical (unpaired) electrons. The van der Waals surface area contributed by atoms with E-state index >= 15 is 0 Å². The molecule has 6 nitrogen and oxygen atoms in total. The van der Waals surface area contributed by atoms with Crippen molar-refractivity contribution in [1.29, 1.82) is 0 Å². The Hall–Kier alpha value is -2.32. The molecule has 0 unspecified atom stereocenters. The summed E-state index contributed by atoms with van der Waals surface area (Å²) in [5, 5.41) is 5.12. The van der Waals surface area contributed by atoms with Crippen LogP contribution in [0.5, 0.6) is 5.75 Å². The van der Waals surface area contributed by atoms with E-state index in [0.29, 0.717) is 26.8 Å². The molecule has 0 saturated carbocycles. The normalized spacial score (nSPS) is 10.8. The summed E-state index contributed by atoms with van der Waals surface area (Å²) in [6, 6.07) is 8.87. The molecule has 0 aliphatic rings. The van der Waals surface area contributed by atoms with Gasteiger partial charge in [-0.3, -0.25) is 14.2 Å². The highest BCUT2D eigenvalue weighted by Gasteiger charge is 2.14. The number of amides is 1. The minimum atomic E-state index is -0.293. The van der Waals surface area contributed by atoms with E-state index in [1.165, 1.54) is 27.7 Å². The Kier molecular flexibility index (Phi) is 4.86. The quantitative estimate of drug-likeness (QED) is 0.559. The summed E-state index contributed by atoms with van der Waals surface area (Å²) in [5.41, 5.74) is 1.09. The van der Waals surface area contributed by atoms with Crippen molar-refractivity contribution in [3.63, 3.8) is 0 Å². The summed E-state index contributed by atoms with van der Waals surface area (Å²) >= 11 is 2.67. The van der Waals surface area contributed by atoms with Crippen molar-refractivity contribution in [2.45, 2.75) is 11.7 Å². The number of thiophene rings is 1. The van der Waals surface area contributed by atoms with Gasteiger partial charge in [0.05, 0.1) is 12.6 Å². The molecule has 0 atom stereocenters. The SMILES string of the molecule is COc1cccc(NC(=O)Cn2c(SC)nc3ccsc3c2=O)c1. The molecule has 124 valence electrons. The summed E-state index contributed by atoms with van der Waals surface area (Å²) in [6.45, 7) is -0.0902. The minimum absolute atomic E-state index is 0.0902. The van der Waals surface area contributed by atoms with Crippen LogP contribution in [0.15, 0.2) is 45.7 Å². The van der Waals surface area contributed by atoms with Gasteiger partial charge in [-0.05, 0) is 29.8 Å². The average Bonchev–Trinajstić information content (AvgIpc) is 3.06. The first-order valence-electron chi connectivity index (χ1n) is 7.08. The fourth-order valence-corrected chi connectivity index (χ4v) is 3.60. The fourth-order valence-electron chi connectivity index (χ4n) is 2.26. The van der Waals surface area contributed by atoms with Crippen molar-refractivity contribution < 1.29 is 9.53 Å². The molecular weight excluding hydrogens is 346 g/mol. The number of rotatable bonds is 5. The summed E-state index contributed by atoms with van der Waals surface area (Å²) < 4.78 is 7.09. The van der Waals surface area contributed by atoms with Gasteiger partial charge in [-0.15, -0.1) is 11.3 Å². The van der Waals surface area contributed by atoms with Crippen LogP contribution in [0.2, 0.25) is 0 Å². The number of benzene rings is 1. The second-order valence-electron chi connectivity index (χ2n) is 4.90. The number of thioether (sulfide) groups is 1. The molecule has 0 spiro atoms. The first-order chi connectivity index (χ1) is 11.6. The van der Waals surface area contributed by atoms with Gasteiger partial charge in [0.15, 0.2) is 5.16 Å². The molecule has 1 aromatic carbocycles. The Bertz CT molecular complexity index is 949. The summed E-state index contributed by atoms with van der Waals surface area (Å²) in [5.74, 6) is 0.356. The number of fused-ring (bicyclic) bond motifs is 1. The van der Waals surface area contributed by atoms with Crippen LogP contribution in [0.4, 0.5) is 5.69 Å². The van der Waals surface area contributed by atoms with Crippen LogP contribution >= 0.6 is 23.1 Å². The van der Waals surface area contributed by atoms with Crippen LogP contribution in [0.25, 0.3) is 10.2 Å². The molecule has 24 heavy (non-hydrogen) atoms. The van der Waals surface area contributed by atoms with E-state index in [1.54, 1.807) is 31.4 Å². The molecule has 3 aromatic rings. The second-order valence-corrected chi connectivity index (χ2v) is 6.59. The molecule has 0 aliphatic heterocycles. The van der Waals surface area contributed by atoms with Crippen molar-refractivity contribution in [3.8, 4) is 5.75 Å². The van der Waals surface area contributed by atoms with Gasteiger partial charge >= 0.3 is 0 Å². The Labute approximate surface area is 146 Å². The third kappa shape index (κ3) is 3.29. The minimum Gasteiger partial charge on any atom is -0.497 e. The number of hydrogen-bond acceptors (Lipinski definition) is 6. The predicted molar refractivity (Wildman–Crippen MR) is 97.3 cm³/mol. The third-order valence-corrected chi connectivity index (χ3v) is 4.94. The van der Waals surface area contributed by atoms with E-state index in [4.69, 9.17) is 4.74 Å². The molecule has 2 heterocycles. The van der Waals surface area contributed by atoms with E-state index in [-0.39, 0.29) is 18.0 Å². The molecule has 8 heteroatoms. The zero-order valence-electron chi connectivity index (χ0n) is 13.1. The first kappa shape index (κ1) is 16.5. The van der Waals surface area contributed by atoms with E-state index in [0.717, 1.165) is 0 Å². The van der Waals surface area contributed by atoms with Gasteiger partial charge in [-0.1, -0.05) is 17.8 Å². The predicted octanol–water partition coefficient (Wildman–Crippen LogP) is 2.83. The summed E-state index contributed by atoms with van der Waals surface area (Å²) in [7, 11) is 1.56. The number of ether oxygens (including phenoxy) is 1. The van der Waals surface area contributed by atoms with Gasteiger partial charge in [0.1, 0.15) is 17.0 Å². The summed E-state index contributed by atoms with van der Waals surface area (Å²) in [6.07, 6.45) is 1.83. The molecule has 3 rings (SSSR count). The number of carbonyl (C=O) groups is 1. The Morgan fingerprint density at radius 1 is 1.42 bits per heavy atom. The first-order valence-corrected chi connectivity index (χ1v) is 9.18. The van der Waals surface area contributed by atoms with Crippen LogP contribution in [0.1, 0.15) is 0 Å². The van der Waals surface area contributed by atoms with E-state index in [9.17, 15) is 9.59 Å². The second kappa shape index (κ2) is 7.06. The lowest BCUT2D eigenvalue weighted by Gasteiger charge is -2.11. The third-order valence-electron chi connectivity index (χ3n) is 3.37. The highest BCUT2D eigenvalue weighted by Crippen LogP contribution is 2.20. The highest BCUT2D eigenvalue weighted by molar-refractivity contribution is 7.98. The van der Waals surface area contributed by atoms with Gasteiger partial charge in [0.2, 0.25) is 5.91 Å². The van der Waals surface area contributed by atoms with Crippen LogP contribution in [-0.4, -0.2) is 28.8 Å². The van der Waals surface area contributed by atoms with Crippen molar-refractivity contribution in [2.24, 2.45) is 0 Å². The maximum absolute atomic E-state index is 12.6. The maximum atomic E-state index is 12.6. The van der Waals surface area contributed by atoms with Gasteiger partial charge in [0, 0.05) is 11.8 Å². The number of carbonyl (C=O) groups excluding carboxylic acids is 1.